The zero-order chi connectivity index (χ0) is 17.0. The van der Waals surface area contributed by atoms with Crippen LogP contribution < -0.4 is 9.80 Å². The van der Waals surface area contributed by atoms with E-state index < -0.39 is 0 Å². The van der Waals surface area contributed by atoms with Gasteiger partial charge in [0.25, 0.3) is 0 Å². The normalized spacial score (nSPS) is 11.7. The summed E-state index contributed by atoms with van der Waals surface area (Å²) in [4.78, 5) is 8.78. The number of rotatable bonds is 6. The molecular formula is C17H25N5S. The predicted octanol–water partition coefficient (Wildman–Crippen LogP) is 3.98. The molecular weight excluding hydrogens is 306 g/mol. The summed E-state index contributed by atoms with van der Waals surface area (Å²) in [5.74, 6) is 0. The second kappa shape index (κ2) is 7.55. The largest absolute Gasteiger partial charge is 0.378 e. The van der Waals surface area contributed by atoms with Crippen LogP contribution in [0.2, 0.25) is 0 Å². The predicted molar refractivity (Wildman–Crippen MR) is 101 cm³/mol. The number of aliphatic imine (C=N–C) groups is 1. The maximum atomic E-state index is 4.45. The molecule has 0 bridgehead atoms. The Balaban J connectivity index is 2.11. The number of nitrogens with zero attached hydrogens (tertiary/aromatic N) is 5. The minimum absolute atomic E-state index is 0.387. The molecule has 124 valence electrons. The Morgan fingerprint density at radius 2 is 1.61 bits per heavy atom. The fraction of sp³-hybridized carbons (Fsp3) is 0.471. The molecule has 0 spiro atoms. The molecule has 0 N–H and O–H groups in total. The zero-order valence-electron chi connectivity index (χ0n) is 14.7. The van der Waals surface area contributed by atoms with Crippen LogP contribution in [0.3, 0.4) is 0 Å². The minimum Gasteiger partial charge on any atom is -0.378 e. The van der Waals surface area contributed by atoms with Crippen molar-refractivity contribution in [2.45, 2.75) is 39.8 Å². The van der Waals surface area contributed by atoms with Gasteiger partial charge in [0, 0.05) is 38.1 Å². The summed E-state index contributed by atoms with van der Waals surface area (Å²) >= 11 is 1.52. The summed E-state index contributed by atoms with van der Waals surface area (Å²) in [5, 5.41) is 10.1. The van der Waals surface area contributed by atoms with E-state index in [2.05, 4.69) is 77.0 Å². The Labute approximate surface area is 142 Å². The average Bonchev–Trinajstić information content (AvgIpc) is 2.93. The van der Waals surface area contributed by atoms with Gasteiger partial charge in [0.05, 0.1) is 0 Å². The highest BCUT2D eigenvalue weighted by Gasteiger charge is 2.18. The molecule has 0 radical (unpaired) electrons. The third-order valence-corrected chi connectivity index (χ3v) is 4.32. The first-order valence-corrected chi connectivity index (χ1v) is 8.63. The van der Waals surface area contributed by atoms with Crippen LogP contribution in [-0.2, 0) is 0 Å². The lowest BCUT2D eigenvalue weighted by atomic mass is 10.2. The lowest BCUT2D eigenvalue weighted by Gasteiger charge is -2.29. The maximum absolute atomic E-state index is 4.45. The number of hydrogen-bond donors (Lipinski definition) is 0. The van der Waals surface area contributed by atoms with Crippen molar-refractivity contribution in [3.63, 3.8) is 0 Å². The lowest BCUT2D eigenvalue weighted by molar-refractivity contribution is 0.603. The molecule has 1 heterocycles. The fourth-order valence-electron chi connectivity index (χ4n) is 2.39. The molecule has 5 nitrogen and oxygen atoms in total. The van der Waals surface area contributed by atoms with E-state index in [4.69, 9.17) is 0 Å². The summed E-state index contributed by atoms with van der Waals surface area (Å²) in [6.07, 6.45) is 1.83. The molecule has 2 rings (SSSR count). The zero-order valence-corrected chi connectivity index (χ0v) is 15.5. The van der Waals surface area contributed by atoms with Crippen LogP contribution in [0.1, 0.15) is 33.3 Å². The van der Waals surface area contributed by atoms with E-state index in [9.17, 15) is 0 Å². The Bertz CT molecular complexity index is 635. The van der Waals surface area contributed by atoms with Crippen molar-refractivity contribution in [2.75, 3.05) is 23.9 Å². The van der Waals surface area contributed by atoms with Crippen LogP contribution >= 0.6 is 11.3 Å². The van der Waals surface area contributed by atoms with Gasteiger partial charge in [-0.05, 0) is 45.4 Å². The highest BCUT2D eigenvalue weighted by molar-refractivity contribution is 7.18. The summed E-state index contributed by atoms with van der Waals surface area (Å²) in [6.45, 7) is 8.65. The van der Waals surface area contributed by atoms with Gasteiger partial charge in [-0.1, -0.05) is 23.5 Å². The van der Waals surface area contributed by atoms with Crippen LogP contribution in [0.15, 0.2) is 29.3 Å². The number of benzene rings is 1. The highest BCUT2D eigenvalue weighted by atomic mass is 32.1. The first-order chi connectivity index (χ1) is 10.9. The van der Waals surface area contributed by atoms with Crippen molar-refractivity contribution >= 4 is 33.5 Å². The van der Waals surface area contributed by atoms with E-state index >= 15 is 0 Å². The van der Waals surface area contributed by atoms with Crippen molar-refractivity contribution in [1.29, 1.82) is 0 Å². The molecule has 0 aliphatic rings. The monoisotopic (exact) mass is 331 g/mol. The minimum atomic E-state index is 0.387. The molecule has 0 aliphatic heterocycles. The van der Waals surface area contributed by atoms with Gasteiger partial charge >= 0.3 is 0 Å². The molecule has 0 saturated carbocycles. The number of hydrogen-bond acceptors (Lipinski definition) is 6. The van der Waals surface area contributed by atoms with E-state index in [-0.39, 0.29) is 0 Å². The molecule has 6 heteroatoms. The first-order valence-electron chi connectivity index (χ1n) is 7.81. The van der Waals surface area contributed by atoms with E-state index in [1.165, 1.54) is 17.0 Å². The standard InChI is InChI=1S/C17H25N5S/c1-12(2)22(13(3)4)17-20-19-16(23-17)18-11-14-7-9-15(10-8-14)21(5)6/h7-13H,1-6H3. The van der Waals surface area contributed by atoms with E-state index in [0.717, 1.165) is 10.7 Å². The van der Waals surface area contributed by atoms with Gasteiger partial charge in [0.1, 0.15) is 0 Å². The smallest absolute Gasteiger partial charge is 0.233 e. The highest BCUT2D eigenvalue weighted by Crippen LogP contribution is 2.29. The number of aromatic nitrogens is 2. The number of anilines is 2. The van der Waals surface area contributed by atoms with Gasteiger partial charge in [-0.25, -0.2) is 4.99 Å². The van der Waals surface area contributed by atoms with Gasteiger partial charge in [0.2, 0.25) is 10.3 Å². The van der Waals surface area contributed by atoms with Crippen molar-refractivity contribution in [1.82, 2.24) is 10.2 Å². The second-order valence-corrected chi connectivity index (χ2v) is 7.14. The van der Waals surface area contributed by atoms with Crippen molar-refractivity contribution in [2.24, 2.45) is 4.99 Å². The van der Waals surface area contributed by atoms with Gasteiger partial charge in [-0.15, -0.1) is 10.2 Å². The van der Waals surface area contributed by atoms with Crippen LogP contribution in [0.5, 0.6) is 0 Å². The van der Waals surface area contributed by atoms with Gasteiger partial charge in [-0.2, -0.15) is 0 Å². The Kier molecular flexibility index (Phi) is 5.71. The Morgan fingerprint density at radius 3 is 2.13 bits per heavy atom. The van der Waals surface area contributed by atoms with Crippen LogP contribution in [-0.4, -0.2) is 42.6 Å². The topological polar surface area (TPSA) is 44.6 Å². The van der Waals surface area contributed by atoms with E-state index in [1.54, 1.807) is 0 Å². The average molecular weight is 331 g/mol. The third kappa shape index (κ3) is 4.51. The van der Waals surface area contributed by atoms with Crippen LogP contribution in [0.25, 0.3) is 0 Å². The molecule has 0 unspecified atom stereocenters. The fourth-order valence-corrected chi connectivity index (χ4v) is 3.35. The second-order valence-electron chi connectivity index (χ2n) is 6.21. The first kappa shape index (κ1) is 17.4. The molecule has 0 fully saturated rings. The molecule has 0 aliphatic carbocycles. The van der Waals surface area contributed by atoms with Gasteiger partial charge in [-0.3, -0.25) is 0 Å². The summed E-state index contributed by atoms with van der Waals surface area (Å²) in [7, 11) is 4.06. The third-order valence-electron chi connectivity index (χ3n) is 3.47. The summed E-state index contributed by atoms with van der Waals surface area (Å²) in [6, 6.07) is 9.03. The Morgan fingerprint density at radius 1 is 1.00 bits per heavy atom. The molecule has 1 aromatic carbocycles. The summed E-state index contributed by atoms with van der Waals surface area (Å²) in [5.41, 5.74) is 2.22. The van der Waals surface area contributed by atoms with Crippen LogP contribution in [0, 0.1) is 0 Å². The Hall–Kier alpha value is -1.95. The molecule has 2 aromatic rings. The van der Waals surface area contributed by atoms with Crippen molar-refractivity contribution in [3.8, 4) is 0 Å². The molecule has 1 aromatic heterocycles. The van der Waals surface area contributed by atoms with Crippen molar-refractivity contribution < 1.29 is 0 Å². The SMILES string of the molecule is CC(C)N(c1nnc(N=Cc2ccc(N(C)C)cc2)s1)C(C)C. The molecule has 0 saturated heterocycles. The molecule has 0 atom stereocenters. The van der Waals surface area contributed by atoms with Crippen molar-refractivity contribution in [3.05, 3.63) is 29.8 Å². The molecule has 23 heavy (non-hydrogen) atoms. The van der Waals surface area contributed by atoms with Crippen LogP contribution in [0.4, 0.5) is 16.0 Å². The molecule has 0 amide bonds. The van der Waals surface area contributed by atoms with E-state index in [0.29, 0.717) is 17.2 Å². The maximum Gasteiger partial charge on any atom is 0.233 e. The lowest BCUT2D eigenvalue weighted by Crippen LogP contribution is -2.36. The summed E-state index contributed by atoms with van der Waals surface area (Å²) < 4.78 is 0. The van der Waals surface area contributed by atoms with Gasteiger partial charge in [0.15, 0.2) is 0 Å². The van der Waals surface area contributed by atoms with E-state index in [1.807, 2.05) is 20.3 Å². The quantitative estimate of drug-likeness (QED) is 0.751. The van der Waals surface area contributed by atoms with Gasteiger partial charge < -0.3 is 9.80 Å².